The lowest BCUT2D eigenvalue weighted by Gasteiger charge is -2.08. The average molecular weight is 236 g/mol. The van der Waals surface area contributed by atoms with Gasteiger partial charge in [-0.25, -0.2) is 0 Å². The molecule has 1 aliphatic heterocycles. The van der Waals surface area contributed by atoms with Crippen LogP contribution in [0.3, 0.4) is 0 Å². The van der Waals surface area contributed by atoms with E-state index < -0.39 is 0 Å². The van der Waals surface area contributed by atoms with Crippen LogP contribution in [0.5, 0.6) is 0 Å². The molecule has 82 valence electrons. The van der Waals surface area contributed by atoms with Crippen molar-refractivity contribution in [2.45, 2.75) is 11.5 Å². The van der Waals surface area contributed by atoms with Crippen LogP contribution in [0, 0.1) is 0 Å². The summed E-state index contributed by atoms with van der Waals surface area (Å²) in [4.78, 5) is 0. The monoisotopic (exact) mass is 236 g/mol. The molecule has 0 fully saturated rings. The van der Waals surface area contributed by atoms with Crippen molar-refractivity contribution in [2.24, 2.45) is 0 Å². The van der Waals surface area contributed by atoms with Crippen molar-refractivity contribution in [3.63, 3.8) is 0 Å². The molecule has 0 radical (unpaired) electrons. The summed E-state index contributed by atoms with van der Waals surface area (Å²) < 4.78 is 0. The number of fused-ring (bicyclic) bond motifs is 5. The Morgan fingerprint density at radius 1 is 0.765 bits per heavy atom. The first-order chi connectivity index (χ1) is 8.43. The molecule has 0 saturated heterocycles. The smallest absolute Gasteiger partial charge is 0.0197 e. The van der Waals surface area contributed by atoms with Gasteiger partial charge in [-0.3, -0.25) is 0 Å². The Kier molecular flexibility index (Phi) is 1.97. The van der Waals surface area contributed by atoms with Crippen LogP contribution in [0.4, 0.5) is 0 Å². The van der Waals surface area contributed by atoms with E-state index in [9.17, 15) is 0 Å². The molecule has 0 N–H and O–H groups in total. The molecule has 0 unspecified atom stereocenters. The quantitative estimate of drug-likeness (QED) is 0.508. The van der Waals surface area contributed by atoms with Gasteiger partial charge in [-0.15, -0.1) is 0 Å². The molecule has 0 saturated carbocycles. The van der Waals surface area contributed by atoms with Gasteiger partial charge in [0.15, 0.2) is 0 Å². The molecule has 3 aromatic rings. The van der Waals surface area contributed by atoms with Crippen molar-refractivity contribution >= 4 is 33.3 Å². The summed E-state index contributed by atoms with van der Waals surface area (Å²) in [7, 11) is 0. The fourth-order valence-corrected chi connectivity index (χ4v) is 3.91. The summed E-state index contributed by atoms with van der Waals surface area (Å²) in [6.45, 7) is 0. The van der Waals surface area contributed by atoms with Crippen molar-refractivity contribution in [2.75, 3.05) is 0 Å². The number of hydrogen-bond donors (Lipinski definition) is 0. The molecular formula is C16H12S. The first-order valence-electron chi connectivity index (χ1n) is 5.93. The second-order valence-corrected chi connectivity index (χ2v) is 5.57. The lowest BCUT2D eigenvalue weighted by atomic mass is 9.96. The van der Waals surface area contributed by atoms with E-state index in [0.717, 1.165) is 0 Å². The molecule has 4 rings (SSSR count). The van der Waals surface area contributed by atoms with Crippen molar-refractivity contribution in [1.29, 1.82) is 0 Å². The van der Waals surface area contributed by atoms with Crippen LogP contribution in [0.25, 0.3) is 21.5 Å². The Morgan fingerprint density at radius 2 is 1.59 bits per heavy atom. The summed E-state index contributed by atoms with van der Waals surface area (Å²) in [5, 5.41) is 5.62. The van der Waals surface area contributed by atoms with Gasteiger partial charge in [0.25, 0.3) is 0 Å². The maximum Gasteiger partial charge on any atom is 0.0197 e. The number of thioether (sulfide) groups is 1. The molecule has 0 aromatic heterocycles. The topological polar surface area (TPSA) is 0 Å². The molecule has 0 atom stereocenters. The third-order valence-electron chi connectivity index (χ3n) is 3.62. The predicted octanol–water partition coefficient (Wildman–Crippen LogP) is 4.74. The minimum atomic E-state index is 1.17. The summed E-state index contributed by atoms with van der Waals surface area (Å²) in [6, 6.07) is 17.8. The highest BCUT2D eigenvalue weighted by atomic mass is 32.2. The van der Waals surface area contributed by atoms with E-state index in [1.807, 2.05) is 11.8 Å². The third kappa shape index (κ3) is 1.32. The maximum absolute atomic E-state index is 2.30. The summed E-state index contributed by atoms with van der Waals surface area (Å²) in [5.41, 5.74) is 3.09. The van der Waals surface area contributed by atoms with Gasteiger partial charge in [0.1, 0.15) is 0 Å². The SMILES string of the molecule is c1ccc2c(c1)ccc1ccc3c(c12)CSC3. The van der Waals surface area contributed by atoms with E-state index >= 15 is 0 Å². The Morgan fingerprint density at radius 3 is 2.59 bits per heavy atom. The molecule has 1 heterocycles. The Labute approximate surface area is 105 Å². The van der Waals surface area contributed by atoms with E-state index in [0.29, 0.717) is 0 Å². The van der Waals surface area contributed by atoms with Gasteiger partial charge in [0.05, 0.1) is 0 Å². The van der Waals surface area contributed by atoms with Crippen molar-refractivity contribution < 1.29 is 0 Å². The molecule has 1 aliphatic rings. The fourth-order valence-electron chi connectivity index (χ4n) is 2.78. The van der Waals surface area contributed by atoms with Crippen LogP contribution in [-0.2, 0) is 11.5 Å². The zero-order chi connectivity index (χ0) is 11.2. The first-order valence-corrected chi connectivity index (χ1v) is 7.09. The lowest BCUT2D eigenvalue weighted by molar-refractivity contribution is 1.39. The van der Waals surface area contributed by atoms with Crippen molar-refractivity contribution in [1.82, 2.24) is 0 Å². The molecule has 17 heavy (non-hydrogen) atoms. The highest BCUT2D eigenvalue weighted by molar-refractivity contribution is 7.98. The second-order valence-electron chi connectivity index (χ2n) is 4.58. The van der Waals surface area contributed by atoms with E-state index in [1.54, 1.807) is 5.56 Å². The van der Waals surface area contributed by atoms with Gasteiger partial charge in [0, 0.05) is 11.5 Å². The summed E-state index contributed by atoms with van der Waals surface area (Å²) >= 11 is 2.03. The molecule has 1 heteroatoms. The van der Waals surface area contributed by atoms with E-state index in [1.165, 1.54) is 38.6 Å². The predicted molar refractivity (Wildman–Crippen MR) is 76.5 cm³/mol. The van der Waals surface area contributed by atoms with E-state index in [4.69, 9.17) is 0 Å². The standard InChI is InChI=1S/C16H12S/c1-2-4-14-11(3-1)5-6-12-7-8-13-9-17-10-15(13)16(12)14/h1-8H,9-10H2. The summed E-state index contributed by atoms with van der Waals surface area (Å²) in [6.07, 6.45) is 0. The highest BCUT2D eigenvalue weighted by Crippen LogP contribution is 2.38. The fraction of sp³-hybridized carbons (Fsp3) is 0.125. The zero-order valence-electron chi connectivity index (χ0n) is 9.44. The minimum absolute atomic E-state index is 1.17. The number of rotatable bonds is 0. The van der Waals surface area contributed by atoms with Crippen LogP contribution in [0.2, 0.25) is 0 Å². The van der Waals surface area contributed by atoms with Crippen LogP contribution in [-0.4, -0.2) is 0 Å². The van der Waals surface area contributed by atoms with Gasteiger partial charge in [-0.05, 0) is 32.7 Å². The van der Waals surface area contributed by atoms with Crippen LogP contribution < -0.4 is 0 Å². The number of benzene rings is 3. The van der Waals surface area contributed by atoms with Crippen molar-refractivity contribution in [3.8, 4) is 0 Å². The first kappa shape index (κ1) is 9.55. The van der Waals surface area contributed by atoms with E-state index in [2.05, 4.69) is 48.5 Å². The Hall–Kier alpha value is -1.47. The lowest BCUT2D eigenvalue weighted by Crippen LogP contribution is -1.86. The Balaban J connectivity index is 2.27. The third-order valence-corrected chi connectivity index (χ3v) is 4.63. The molecule has 3 aromatic carbocycles. The normalized spacial score (nSPS) is 14.4. The maximum atomic E-state index is 2.30. The zero-order valence-corrected chi connectivity index (χ0v) is 10.3. The molecule has 0 bridgehead atoms. The average Bonchev–Trinajstić information content (AvgIpc) is 2.86. The molecule has 0 nitrogen and oxygen atoms in total. The van der Waals surface area contributed by atoms with Gasteiger partial charge < -0.3 is 0 Å². The van der Waals surface area contributed by atoms with Crippen molar-refractivity contribution in [3.05, 3.63) is 59.7 Å². The summed E-state index contributed by atoms with van der Waals surface area (Å²) in [5.74, 6) is 2.34. The molecule has 0 amide bonds. The Bertz CT molecular complexity index is 728. The van der Waals surface area contributed by atoms with Gasteiger partial charge in [0.2, 0.25) is 0 Å². The highest BCUT2D eigenvalue weighted by Gasteiger charge is 2.15. The van der Waals surface area contributed by atoms with Crippen LogP contribution in [0.1, 0.15) is 11.1 Å². The van der Waals surface area contributed by atoms with Gasteiger partial charge >= 0.3 is 0 Å². The largest absolute Gasteiger partial charge is 0.152 e. The molecule has 0 aliphatic carbocycles. The molecule has 0 spiro atoms. The van der Waals surface area contributed by atoms with Gasteiger partial charge in [-0.2, -0.15) is 11.8 Å². The number of hydrogen-bond acceptors (Lipinski definition) is 1. The van der Waals surface area contributed by atoms with E-state index in [-0.39, 0.29) is 0 Å². The van der Waals surface area contributed by atoms with Crippen LogP contribution >= 0.6 is 11.8 Å². The minimum Gasteiger partial charge on any atom is -0.152 e. The van der Waals surface area contributed by atoms with Crippen LogP contribution in [0.15, 0.2) is 48.5 Å². The second kappa shape index (κ2) is 3.51. The van der Waals surface area contributed by atoms with Gasteiger partial charge in [-0.1, -0.05) is 48.5 Å². The molecular weight excluding hydrogens is 224 g/mol.